The number of ether oxygens (including phenoxy) is 1. The Labute approximate surface area is 178 Å². The van der Waals surface area contributed by atoms with Crippen LogP contribution in [0.1, 0.15) is 38.1 Å². The molecule has 0 bridgehead atoms. The zero-order chi connectivity index (χ0) is 21.1. The van der Waals surface area contributed by atoms with E-state index in [0.29, 0.717) is 19.1 Å². The van der Waals surface area contributed by atoms with Crippen molar-refractivity contribution in [1.82, 2.24) is 18.9 Å². The lowest BCUT2D eigenvalue weighted by molar-refractivity contribution is -0.138. The lowest BCUT2D eigenvalue weighted by Crippen LogP contribution is -2.45. The highest BCUT2D eigenvalue weighted by molar-refractivity contribution is 5.79. The van der Waals surface area contributed by atoms with Crippen molar-refractivity contribution in [3.63, 3.8) is 0 Å². The summed E-state index contributed by atoms with van der Waals surface area (Å²) in [7, 11) is 3.81. The molecule has 1 aromatic carbocycles. The largest absolute Gasteiger partial charge is 0.385 e. The lowest BCUT2D eigenvalue weighted by Gasteiger charge is -2.36. The van der Waals surface area contributed by atoms with Crippen molar-refractivity contribution in [3.8, 4) is 0 Å². The number of nitrogens with zero attached hydrogens (tertiary/aromatic N) is 4. The van der Waals surface area contributed by atoms with Crippen molar-refractivity contribution in [2.24, 2.45) is 5.92 Å². The lowest BCUT2D eigenvalue weighted by atomic mass is 9.94. The third-order valence-electron chi connectivity index (χ3n) is 6.81. The minimum atomic E-state index is 0.0624. The average Bonchev–Trinajstić information content (AvgIpc) is 3.05. The van der Waals surface area contributed by atoms with Crippen LogP contribution in [0.25, 0.3) is 11.0 Å². The fourth-order valence-electron chi connectivity index (χ4n) is 5.03. The number of methoxy groups -OCH3 is 1. The summed E-state index contributed by atoms with van der Waals surface area (Å²) in [6.45, 7) is 4.80. The molecular formula is C23H34N4O3. The van der Waals surface area contributed by atoms with E-state index in [-0.39, 0.29) is 17.6 Å². The van der Waals surface area contributed by atoms with Gasteiger partial charge in [-0.25, -0.2) is 4.79 Å². The summed E-state index contributed by atoms with van der Waals surface area (Å²) in [5, 5.41) is 0. The van der Waals surface area contributed by atoms with Crippen LogP contribution in [0.4, 0.5) is 0 Å². The maximum Gasteiger partial charge on any atom is 0.329 e. The molecule has 1 amide bonds. The summed E-state index contributed by atoms with van der Waals surface area (Å²) in [5.74, 6) is 0.485. The second kappa shape index (κ2) is 9.35. The number of likely N-dealkylation sites (tertiary alicyclic amines) is 2. The van der Waals surface area contributed by atoms with Crippen LogP contribution in [0.15, 0.2) is 29.1 Å². The van der Waals surface area contributed by atoms with Gasteiger partial charge in [-0.2, -0.15) is 0 Å². The van der Waals surface area contributed by atoms with E-state index in [1.807, 2.05) is 38.3 Å². The van der Waals surface area contributed by atoms with Gasteiger partial charge in [-0.3, -0.25) is 13.9 Å². The number of benzene rings is 1. The van der Waals surface area contributed by atoms with Crippen LogP contribution < -0.4 is 5.69 Å². The molecule has 2 fully saturated rings. The number of para-hydroxylation sites is 2. The molecule has 0 unspecified atom stereocenters. The van der Waals surface area contributed by atoms with Gasteiger partial charge in [0.1, 0.15) is 0 Å². The van der Waals surface area contributed by atoms with Gasteiger partial charge < -0.3 is 14.5 Å². The van der Waals surface area contributed by atoms with Crippen molar-refractivity contribution in [2.45, 2.75) is 44.7 Å². The predicted octanol–water partition coefficient (Wildman–Crippen LogP) is 2.34. The van der Waals surface area contributed by atoms with E-state index in [4.69, 9.17) is 4.74 Å². The number of piperidine rings is 2. The number of hydrogen-bond acceptors (Lipinski definition) is 4. The summed E-state index contributed by atoms with van der Waals surface area (Å²) < 4.78 is 9.02. The van der Waals surface area contributed by atoms with Gasteiger partial charge in [0.05, 0.1) is 11.0 Å². The monoisotopic (exact) mass is 414 g/mol. The molecule has 0 spiro atoms. The number of carbonyl (C=O) groups is 1. The molecule has 164 valence electrons. The van der Waals surface area contributed by atoms with E-state index >= 15 is 0 Å². The number of amides is 1. The zero-order valence-corrected chi connectivity index (χ0v) is 18.3. The Morgan fingerprint density at radius 1 is 1.03 bits per heavy atom. The molecule has 0 N–H and O–H groups in total. The molecule has 4 rings (SSSR count). The van der Waals surface area contributed by atoms with Crippen LogP contribution in [0.2, 0.25) is 0 Å². The number of hydrogen-bond donors (Lipinski definition) is 0. The number of aromatic nitrogens is 2. The van der Waals surface area contributed by atoms with E-state index in [9.17, 15) is 9.59 Å². The Kier molecular flexibility index (Phi) is 6.58. The highest BCUT2D eigenvalue weighted by Gasteiger charge is 2.31. The SMILES string of the molecule is COCCCn1c(=O)n(C2CCN(C(=O)C3CCN(C)CC3)CC2)c2ccccc21. The van der Waals surface area contributed by atoms with Gasteiger partial charge >= 0.3 is 5.69 Å². The molecule has 2 saturated heterocycles. The first-order chi connectivity index (χ1) is 14.6. The summed E-state index contributed by atoms with van der Waals surface area (Å²) in [6.07, 6.45) is 4.41. The van der Waals surface area contributed by atoms with Crippen LogP contribution in [-0.2, 0) is 16.1 Å². The first-order valence-corrected chi connectivity index (χ1v) is 11.3. The molecular weight excluding hydrogens is 380 g/mol. The van der Waals surface area contributed by atoms with E-state index in [1.165, 1.54) is 0 Å². The zero-order valence-electron chi connectivity index (χ0n) is 18.3. The quantitative estimate of drug-likeness (QED) is 0.681. The van der Waals surface area contributed by atoms with E-state index in [2.05, 4.69) is 11.9 Å². The van der Waals surface area contributed by atoms with Crippen LogP contribution in [0.3, 0.4) is 0 Å². The van der Waals surface area contributed by atoms with Gasteiger partial charge in [0.2, 0.25) is 5.91 Å². The van der Waals surface area contributed by atoms with Crippen molar-refractivity contribution in [3.05, 3.63) is 34.7 Å². The minimum absolute atomic E-state index is 0.0624. The summed E-state index contributed by atoms with van der Waals surface area (Å²) in [6, 6.07) is 8.20. The Bertz CT molecular complexity index is 918. The topological polar surface area (TPSA) is 59.7 Å². The van der Waals surface area contributed by atoms with Gasteiger partial charge in [0.15, 0.2) is 0 Å². The first-order valence-electron chi connectivity index (χ1n) is 11.3. The fraction of sp³-hybridized carbons (Fsp3) is 0.652. The number of fused-ring (bicyclic) bond motifs is 1. The Morgan fingerprint density at radius 3 is 2.37 bits per heavy atom. The van der Waals surface area contributed by atoms with E-state index in [1.54, 1.807) is 7.11 Å². The van der Waals surface area contributed by atoms with E-state index < -0.39 is 0 Å². The molecule has 30 heavy (non-hydrogen) atoms. The van der Waals surface area contributed by atoms with Gasteiger partial charge in [-0.05, 0) is 64.4 Å². The average molecular weight is 415 g/mol. The normalized spacial score (nSPS) is 19.6. The molecule has 7 nitrogen and oxygen atoms in total. The summed E-state index contributed by atoms with van der Waals surface area (Å²) in [4.78, 5) is 30.6. The molecule has 2 aliphatic heterocycles. The van der Waals surface area contributed by atoms with Crippen LogP contribution in [0.5, 0.6) is 0 Å². The Hall–Kier alpha value is -2.12. The Balaban J connectivity index is 1.47. The van der Waals surface area contributed by atoms with Crippen LogP contribution >= 0.6 is 0 Å². The highest BCUT2D eigenvalue weighted by Crippen LogP contribution is 2.28. The molecule has 2 aromatic rings. The molecule has 0 radical (unpaired) electrons. The second-order valence-corrected chi connectivity index (χ2v) is 8.77. The standard InChI is InChI=1S/C23H34N4O3/c1-24-13-8-18(9-14-24)22(28)25-15-10-19(11-16-25)27-21-7-4-3-6-20(21)26(23(27)29)12-5-17-30-2/h3-4,6-7,18-19H,5,8-17H2,1-2H3. The molecule has 0 atom stereocenters. The second-order valence-electron chi connectivity index (χ2n) is 8.77. The molecule has 0 aliphatic carbocycles. The number of aryl methyl sites for hydroxylation is 1. The van der Waals surface area contributed by atoms with Gasteiger partial charge in [0.25, 0.3) is 0 Å². The van der Waals surface area contributed by atoms with Crippen LogP contribution in [-0.4, -0.2) is 71.8 Å². The molecule has 7 heteroatoms. The smallest absolute Gasteiger partial charge is 0.329 e. The van der Waals surface area contributed by atoms with Gasteiger partial charge in [-0.1, -0.05) is 12.1 Å². The van der Waals surface area contributed by atoms with Crippen molar-refractivity contribution in [1.29, 1.82) is 0 Å². The van der Waals surface area contributed by atoms with Gasteiger partial charge in [0, 0.05) is 45.3 Å². The third kappa shape index (κ3) is 4.18. The van der Waals surface area contributed by atoms with Crippen molar-refractivity contribution < 1.29 is 9.53 Å². The molecule has 0 saturated carbocycles. The summed E-state index contributed by atoms with van der Waals surface area (Å²) >= 11 is 0. The van der Waals surface area contributed by atoms with Crippen molar-refractivity contribution in [2.75, 3.05) is 46.9 Å². The maximum absolute atomic E-state index is 13.3. The first kappa shape index (κ1) is 21.1. The fourth-order valence-corrected chi connectivity index (χ4v) is 5.03. The summed E-state index contributed by atoms with van der Waals surface area (Å²) in [5.41, 5.74) is 2.05. The number of rotatable bonds is 6. The number of carbonyl (C=O) groups excluding carboxylic acids is 1. The Morgan fingerprint density at radius 2 is 1.70 bits per heavy atom. The minimum Gasteiger partial charge on any atom is -0.385 e. The molecule has 3 heterocycles. The van der Waals surface area contributed by atoms with Crippen LogP contribution in [0, 0.1) is 5.92 Å². The number of imidazole rings is 1. The highest BCUT2D eigenvalue weighted by atomic mass is 16.5. The molecule has 2 aliphatic rings. The van der Waals surface area contributed by atoms with E-state index in [0.717, 1.165) is 69.3 Å². The predicted molar refractivity (Wildman–Crippen MR) is 118 cm³/mol. The third-order valence-corrected chi connectivity index (χ3v) is 6.81. The van der Waals surface area contributed by atoms with Crippen molar-refractivity contribution >= 4 is 16.9 Å². The maximum atomic E-state index is 13.3. The molecule has 1 aromatic heterocycles. The van der Waals surface area contributed by atoms with Gasteiger partial charge in [-0.15, -0.1) is 0 Å².